The number of anilines is 1. The van der Waals surface area contributed by atoms with Crippen molar-refractivity contribution in [2.24, 2.45) is 5.73 Å². The maximum absolute atomic E-state index is 11.8. The quantitative estimate of drug-likeness (QED) is 0.919. The number of benzene rings is 2. The summed E-state index contributed by atoms with van der Waals surface area (Å²) in [5.41, 5.74) is 13.2. The number of nitrogens with two attached hydrogens (primary N) is 1. The van der Waals surface area contributed by atoms with E-state index in [4.69, 9.17) is 5.73 Å². The summed E-state index contributed by atoms with van der Waals surface area (Å²) in [4.78, 5) is 13.5. The molecule has 2 N–H and O–H groups in total. The van der Waals surface area contributed by atoms with Crippen molar-refractivity contribution in [2.45, 2.75) is 26.3 Å². The number of carbonyl (C=O) groups excluding carboxylic acids is 1. The van der Waals surface area contributed by atoms with Gasteiger partial charge in [0.15, 0.2) is 0 Å². The molecule has 1 atom stereocenters. The molecule has 0 saturated heterocycles. The zero-order valence-electron chi connectivity index (χ0n) is 12.7. The molecule has 0 spiro atoms. The van der Waals surface area contributed by atoms with Gasteiger partial charge in [0, 0.05) is 12.7 Å². The lowest BCUT2D eigenvalue weighted by molar-refractivity contribution is -0.117. The minimum absolute atomic E-state index is 0.141. The third-order valence-electron chi connectivity index (χ3n) is 4.52. The molecule has 0 bridgehead atoms. The standard InChI is InChI=1S/C18H20N2O/c1-11-5-4-6-15(12(11)2)18(19)13-7-8-16-14(9-13)10-17(21)20(16)3/h4-9,18H,10,19H2,1-3H3. The number of carbonyl (C=O) groups is 1. The molecule has 0 aromatic heterocycles. The molecule has 1 unspecified atom stereocenters. The Bertz CT molecular complexity index is 721. The minimum atomic E-state index is -0.156. The van der Waals surface area contributed by atoms with Crippen molar-refractivity contribution in [3.05, 3.63) is 64.2 Å². The smallest absolute Gasteiger partial charge is 0.231 e. The van der Waals surface area contributed by atoms with Crippen molar-refractivity contribution in [1.82, 2.24) is 0 Å². The highest BCUT2D eigenvalue weighted by atomic mass is 16.2. The van der Waals surface area contributed by atoms with E-state index in [9.17, 15) is 4.79 Å². The number of nitrogens with zero attached hydrogens (tertiary/aromatic N) is 1. The second-order valence-corrected chi connectivity index (χ2v) is 5.78. The van der Waals surface area contributed by atoms with Crippen LogP contribution < -0.4 is 10.6 Å². The lowest BCUT2D eigenvalue weighted by Gasteiger charge is -2.18. The summed E-state index contributed by atoms with van der Waals surface area (Å²) in [6.07, 6.45) is 0.471. The highest BCUT2D eigenvalue weighted by Crippen LogP contribution is 2.32. The molecule has 3 rings (SSSR count). The lowest BCUT2D eigenvalue weighted by atomic mass is 9.92. The molecule has 3 nitrogen and oxygen atoms in total. The molecule has 3 heteroatoms. The van der Waals surface area contributed by atoms with E-state index >= 15 is 0 Å². The van der Waals surface area contributed by atoms with E-state index < -0.39 is 0 Å². The van der Waals surface area contributed by atoms with Gasteiger partial charge in [0.2, 0.25) is 5.91 Å². The van der Waals surface area contributed by atoms with Gasteiger partial charge in [0.05, 0.1) is 12.5 Å². The average Bonchev–Trinajstić information content (AvgIpc) is 2.76. The summed E-state index contributed by atoms with van der Waals surface area (Å²) in [5.74, 6) is 0.141. The monoisotopic (exact) mass is 280 g/mol. The van der Waals surface area contributed by atoms with Crippen LogP contribution in [0.4, 0.5) is 5.69 Å². The second-order valence-electron chi connectivity index (χ2n) is 5.78. The van der Waals surface area contributed by atoms with E-state index in [0.29, 0.717) is 6.42 Å². The molecule has 0 aliphatic carbocycles. The van der Waals surface area contributed by atoms with E-state index in [-0.39, 0.29) is 11.9 Å². The van der Waals surface area contributed by atoms with Crippen molar-refractivity contribution in [3.63, 3.8) is 0 Å². The highest BCUT2D eigenvalue weighted by molar-refractivity contribution is 6.00. The Morgan fingerprint density at radius 2 is 1.95 bits per heavy atom. The SMILES string of the molecule is Cc1cccc(C(N)c2ccc3c(c2)CC(=O)N3C)c1C. The molecule has 1 amide bonds. The van der Waals surface area contributed by atoms with Crippen LogP contribution in [-0.2, 0) is 11.2 Å². The third-order valence-corrected chi connectivity index (χ3v) is 4.52. The van der Waals surface area contributed by atoms with Crippen LogP contribution >= 0.6 is 0 Å². The van der Waals surface area contributed by atoms with E-state index in [2.05, 4.69) is 32.0 Å². The lowest BCUT2D eigenvalue weighted by Crippen LogP contribution is -2.20. The fraction of sp³-hybridized carbons (Fsp3) is 0.278. The minimum Gasteiger partial charge on any atom is -0.320 e. The number of hydrogen-bond acceptors (Lipinski definition) is 2. The predicted molar refractivity (Wildman–Crippen MR) is 85.5 cm³/mol. The first-order valence-corrected chi connectivity index (χ1v) is 7.20. The van der Waals surface area contributed by atoms with Gasteiger partial charge in [0.25, 0.3) is 0 Å². The molecule has 2 aromatic rings. The Morgan fingerprint density at radius 3 is 2.71 bits per heavy atom. The van der Waals surface area contributed by atoms with Gasteiger partial charge >= 0.3 is 0 Å². The van der Waals surface area contributed by atoms with Crippen molar-refractivity contribution in [2.75, 3.05) is 11.9 Å². The van der Waals surface area contributed by atoms with Crippen LogP contribution in [-0.4, -0.2) is 13.0 Å². The Morgan fingerprint density at radius 1 is 1.19 bits per heavy atom. The van der Waals surface area contributed by atoms with Gasteiger partial charge < -0.3 is 10.6 Å². The summed E-state index contributed by atoms with van der Waals surface area (Å²) in [5, 5.41) is 0. The first-order chi connectivity index (χ1) is 9.99. The van der Waals surface area contributed by atoms with Gasteiger partial charge in [-0.25, -0.2) is 0 Å². The molecule has 2 aromatic carbocycles. The Balaban J connectivity index is 2.00. The average molecular weight is 280 g/mol. The maximum atomic E-state index is 11.8. The Labute approximate surface area is 125 Å². The van der Waals surface area contributed by atoms with Gasteiger partial charge in [0.1, 0.15) is 0 Å². The van der Waals surface area contributed by atoms with E-state index in [1.165, 1.54) is 11.1 Å². The van der Waals surface area contributed by atoms with Crippen LogP contribution in [0.2, 0.25) is 0 Å². The first-order valence-electron chi connectivity index (χ1n) is 7.20. The zero-order valence-corrected chi connectivity index (χ0v) is 12.7. The van der Waals surface area contributed by atoms with E-state index in [1.54, 1.807) is 4.90 Å². The van der Waals surface area contributed by atoms with Crippen molar-refractivity contribution in [1.29, 1.82) is 0 Å². The molecule has 1 heterocycles. The number of likely N-dealkylation sites (N-methyl/N-ethyl adjacent to an activating group) is 1. The third kappa shape index (κ3) is 2.24. The van der Waals surface area contributed by atoms with Gasteiger partial charge in [-0.05, 0) is 47.7 Å². The molecule has 21 heavy (non-hydrogen) atoms. The van der Waals surface area contributed by atoms with Crippen LogP contribution in [0, 0.1) is 13.8 Å². The number of rotatable bonds is 2. The number of fused-ring (bicyclic) bond motifs is 1. The molecule has 108 valence electrons. The Hall–Kier alpha value is -2.13. The summed E-state index contributed by atoms with van der Waals surface area (Å²) < 4.78 is 0. The summed E-state index contributed by atoms with van der Waals surface area (Å²) in [6.45, 7) is 4.21. The number of amides is 1. The topological polar surface area (TPSA) is 46.3 Å². The van der Waals surface area contributed by atoms with Crippen molar-refractivity contribution in [3.8, 4) is 0 Å². The maximum Gasteiger partial charge on any atom is 0.231 e. The second kappa shape index (κ2) is 5.01. The fourth-order valence-corrected chi connectivity index (χ4v) is 2.97. The zero-order chi connectivity index (χ0) is 15.1. The van der Waals surface area contributed by atoms with Crippen LogP contribution in [0.5, 0.6) is 0 Å². The van der Waals surface area contributed by atoms with Gasteiger partial charge in [-0.2, -0.15) is 0 Å². The molecule has 1 aliphatic heterocycles. The van der Waals surface area contributed by atoms with Crippen molar-refractivity contribution < 1.29 is 4.79 Å². The predicted octanol–water partition coefficient (Wildman–Crippen LogP) is 2.87. The van der Waals surface area contributed by atoms with Crippen molar-refractivity contribution >= 4 is 11.6 Å². The molecule has 1 aliphatic rings. The Kier molecular flexibility index (Phi) is 3.30. The highest BCUT2D eigenvalue weighted by Gasteiger charge is 2.25. The van der Waals surface area contributed by atoms with Crippen LogP contribution in [0.15, 0.2) is 36.4 Å². The molecule has 0 fully saturated rings. The van der Waals surface area contributed by atoms with Crippen LogP contribution in [0.3, 0.4) is 0 Å². The molecule has 0 radical (unpaired) electrons. The largest absolute Gasteiger partial charge is 0.320 e. The van der Waals surface area contributed by atoms with E-state index in [0.717, 1.165) is 22.4 Å². The summed E-state index contributed by atoms with van der Waals surface area (Å²) in [7, 11) is 1.82. The number of aryl methyl sites for hydroxylation is 1. The first kappa shape index (κ1) is 13.8. The van der Waals surface area contributed by atoms with Gasteiger partial charge in [-0.1, -0.05) is 30.3 Å². The van der Waals surface area contributed by atoms with Crippen LogP contribution in [0.1, 0.15) is 33.9 Å². The van der Waals surface area contributed by atoms with E-state index in [1.807, 2.05) is 25.2 Å². The van der Waals surface area contributed by atoms with Gasteiger partial charge in [-0.15, -0.1) is 0 Å². The normalized spacial score (nSPS) is 15.2. The van der Waals surface area contributed by atoms with Crippen LogP contribution in [0.25, 0.3) is 0 Å². The fourth-order valence-electron chi connectivity index (χ4n) is 2.97. The summed E-state index contributed by atoms with van der Waals surface area (Å²) >= 11 is 0. The van der Waals surface area contributed by atoms with Gasteiger partial charge in [-0.3, -0.25) is 4.79 Å². The summed E-state index contributed by atoms with van der Waals surface area (Å²) in [6, 6.07) is 12.2. The molecule has 0 saturated carbocycles. The molecular formula is C18H20N2O. The molecular weight excluding hydrogens is 260 g/mol. The number of hydrogen-bond donors (Lipinski definition) is 1.